The Hall–Kier alpha value is -2.64. The van der Waals surface area contributed by atoms with E-state index in [1.807, 2.05) is 60.7 Å². The molecule has 0 aliphatic carbocycles. The first-order valence-electron chi connectivity index (χ1n) is 8.90. The molecule has 0 saturated heterocycles. The van der Waals surface area contributed by atoms with Crippen molar-refractivity contribution < 1.29 is 14.3 Å². The number of esters is 1. The second-order valence-corrected chi connectivity index (χ2v) is 8.08. The summed E-state index contributed by atoms with van der Waals surface area (Å²) in [5, 5.41) is 1.71. The largest absolute Gasteiger partial charge is 0.464 e. The normalized spacial score (nSPS) is 16.5. The number of para-hydroxylation sites is 1. The lowest BCUT2D eigenvalue weighted by Gasteiger charge is -2.04. The van der Waals surface area contributed by atoms with Gasteiger partial charge in [0.2, 0.25) is 0 Å². The standard InChI is InChI=1S/C21H18N2O3S2/c1-2-25-21(24)17-13-27-19(23-17)10-11-20-22-16-9-8-15(12-18(16)28-20)26-14-6-4-3-5-7-14/h3-12,17H,2,13H2,1H3/t17-/m1/s1. The van der Waals surface area contributed by atoms with Gasteiger partial charge in [0.15, 0.2) is 6.04 Å². The van der Waals surface area contributed by atoms with Gasteiger partial charge in [0, 0.05) is 11.8 Å². The van der Waals surface area contributed by atoms with E-state index in [0.717, 1.165) is 31.8 Å². The van der Waals surface area contributed by atoms with E-state index in [4.69, 9.17) is 9.47 Å². The van der Waals surface area contributed by atoms with Crippen molar-refractivity contribution in [2.45, 2.75) is 13.0 Å². The highest BCUT2D eigenvalue weighted by Crippen LogP contribution is 2.30. The van der Waals surface area contributed by atoms with Crippen molar-refractivity contribution in [3.05, 3.63) is 59.6 Å². The predicted molar refractivity (Wildman–Crippen MR) is 115 cm³/mol. The Morgan fingerprint density at radius 3 is 2.86 bits per heavy atom. The average Bonchev–Trinajstić information content (AvgIpc) is 3.34. The lowest BCUT2D eigenvalue weighted by atomic mass is 10.3. The van der Waals surface area contributed by atoms with E-state index in [1.54, 1.807) is 30.0 Å². The third-order valence-corrected chi connectivity index (χ3v) is 5.96. The Kier molecular flexibility index (Phi) is 5.73. The Morgan fingerprint density at radius 1 is 1.18 bits per heavy atom. The number of aliphatic imine (C=N–C) groups is 1. The average molecular weight is 411 g/mol. The minimum Gasteiger partial charge on any atom is -0.464 e. The molecule has 5 nitrogen and oxygen atoms in total. The van der Waals surface area contributed by atoms with Gasteiger partial charge in [-0.25, -0.2) is 9.78 Å². The number of hydrogen-bond donors (Lipinski definition) is 0. The van der Waals surface area contributed by atoms with E-state index in [-0.39, 0.29) is 5.97 Å². The smallest absolute Gasteiger partial charge is 0.331 e. The molecule has 0 amide bonds. The maximum atomic E-state index is 11.8. The first-order chi connectivity index (χ1) is 13.7. The zero-order valence-electron chi connectivity index (χ0n) is 15.2. The predicted octanol–water partition coefficient (Wildman–Crippen LogP) is 5.18. The van der Waals surface area contributed by atoms with Crippen molar-refractivity contribution in [1.29, 1.82) is 0 Å². The summed E-state index contributed by atoms with van der Waals surface area (Å²) < 4.78 is 12.0. The SMILES string of the molecule is CCOC(=O)[C@H]1CSC(C=Cc2nc3ccc(Oc4ccccc4)cc3s2)=N1. The molecule has 1 aliphatic rings. The van der Waals surface area contributed by atoms with Gasteiger partial charge in [0.25, 0.3) is 0 Å². The van der Waals surface area contributed by atoms with Crippen LogP contribution in [0.2, 0.25) is 0 Å². The van der Waals surface area contributed by atoms with Crippen LogP contribution in [-0.2, 0) is 9.53 Å². The molecule has 0 saturated carbocycles. The third kappa shape index (κ3) is 4.43. The van der Waals surface area contributed by atoms with Crippen LogP contribution < -0.4 is 4.74 Å². The zero-order valence-corrected chi connectivity index (χ0v) is 16.8. The summed E-state index contributed by atoms with van der Waals surface area (Å²) in [7, 11) is 0. The highest BCUT2D eigenvalue weighted by molar-refractivity contribution is 8.14. The Balaban J connectivity index is 1.47. The zero-order chi connectivity index (χ0) is 19.3. The molecule has 2 heterocycles. The van der Waals surface area contributed by atoms with Crippen molar-refractivity contribution in [2.75, 3.05) is 12.4 Å². The van der Waals surface area contributed by atoms with Crippen LogP contribution in [0.3, 0.4) is 0 Å². The molecule has 1 aromatic heterocycles. The van der Waals surface area contributed by atoms with Gasteiger partial charge in [-0.05, 0) is 43.3 Å². The molecule has 2 aromatic carbocycles. The highest BCUT2D eigenvalue weighted by atomic mass is 32.2. The van der Waals surface area contributed by atoms with Gasteiger partial charge in [-0.2, -0.15) is 0 Å². The molecule has 142 valence electrons. The molecule has 1 aliphatic heterocycles. The van der Waals surface area contributed by atoms with Crippen molar-refractivity contribution in [2.24, 2.45) is 4.99 Å². The molecule has 0 fully saturated rings. The summed E-state index contributed by atoms with van der Waals surface area (Å²) >= 11 is 3.14. The fourth-order valence-electron chi connectivity index (χ4n) is 2.67. The van der Waals surface area contributed by atoms with Crippen molar-refractivity contribution in [3.63, 3.8) is 0 Å². The van der Waals surface area contributed by atoms with Gasteiger partial charge in [0.1, 0.15) is 16.5 Å². The third-order valence-electron chi connectivity index (χ3n) is 3.95. The molecular weight excluding hydrogens is 392 g/mol. The van der Waals surface area contributed by atoms with Crippen molar-refractivity contribution in [3.8, 4) is 11.5 Å². The van der Waals surface area contributed by atoms with Gasteiger partial charge in [-0.1, -0.05) is 18.2 Å². The molecule has 28 heavy (non-hydrogen) atoms. The van der Waals surface area contributed by atoms with Crippen LogP contribution in [0, 0.1) is 0 Å². The van der Waals surface area contributed by atoms with E-state index in [0.29, 0.717) is 12.4 Å². The second kappa shape index (κ2) is 8.58. The number of aromatic nitrogens is 1. The van der Waals surface area contributed by atoms with Crippen LogP contribution >= 0.6 is 23.1 Å². The number of carbonyl (C=O) groups is 1. The van der Waals surface area contributed by atoms with Gasteiger partial charge in [-0.15, -0.1) is 23.1 Å². The topological polar surface area (TPSA) is 60.8 Å². The molecule has 0 radical (unpaired) electrons. The maximum Gasteiger partial charge on any atom is 0.331 e. The van der Waals surface area contributed by atoms with E-state index >= 15 is 0 Å². The van der Waals surface area contributed by atoms with Crippen LogP contribution in [-0.4, -0.2) is 34.4 Å². The summed E-state index contributed by atoms with van der Waals surface area (Å²) in [4.78, 5) is 20.8. The fraction of sp³-hybridized carbons (Fsp3) is 0.190. The molecule has 3 aromatic rings. The van der Waals surface area contributed by atoms with Gasteiger partial charge < -0.3 is 9.47 Å². The number of hydrogen-bond acceptors (Lipinski definition) is 7. The molecule has 0 spiro atoms. The summed E-state index contributed by atoms with van der Waals surface area (Å²) in [5.74, 6) is 1.95. The lowest BCUT2D eigenvalue weighted by Crippen LogP contribution is -2.21. The van der Waals surface area contributed by atoms with Gasteiger partial charge in [-0.3, -0.25) is 4.99 Å². The van der Waals surface area contributed by atoms with Crippen LogP contribution in [0.4, 0.5) is 0 Å². The summed E-state index contributed by atoms with van der Waals surface area (Å²) in [6.07, 6.45) is 3.84. The molecule has 0 N–H and O–H groups in total. The van der Waals surface area contributed by atoms with Crippen LogP contribution in [0.15, 0.2) is 59.6 Å². The first-order valence-corrected chi connectivity index (χ1v) is 10.7. The van der Waals surface area contributed by atoms with Gasteiger partial charge >= 0.3 is 5.97 Å². The van der Waals surface area contributed by atoms with E-state index in [1.165, 1.54) is 0 Å². The number of thiazole rings is 1. The Labute approximate surface area is 171 Å². The van der Waals surface area contributed by atoms with Crippen LogP contribution in [0.5, 0.6) is 11.5 Å². The highest BCUT2D eigenvalue weighted by Gasteiger charge is 2.24. The second-order valence-electron chi connectivity index (χ2n) is 5.98. The summed E-state index contributed by atoms with van der Waals surface area (Å²) in [6.45, 7) is 2.18. The summed E-state index contributed by atoms with van der Waals surface area (Å²) in [5.41, 5.74) is 0.926. The Bertz CT molecular complexity index is 1040. The Morgan fingerprint density at radius 2 is 2.04 bits per heavy atom. The first kappa shape index (κ1) is 18.7. The summed E-state index contributed by atoms with van der Waals surface area (Å²) in [6, 6.07) is 15.2. The minimum atomic E-state index is -0.405. The molecular formula is C21H18N2O3S2. The van der Waals surface area contributed by atoms with Crippen LogP contribution in [0.25, 0.3) is 16.3 Å². The molecule has 7 heteroatoms. The lowest BCUT2D eigenvalue weighted by molar-refractivity contribution is -0.143. The van der Waals surface area contributed by atoms with Crippen LogP contribution in [0.1, 0.15) is 11.9 Å². The minimum absolute atomic E-state index is 0.260. The number of ether oxygens (including phenoxy) is 2. The molecule has 4 rings (SSSR count). The monoisotopic (exact) mass is 410 g/mol. The fourth-order valence-corrected chi connectivity index (χ4v) is 4.47. The number of benzene rings is 2. The number of fused-ring (bicyclic) bond motifs is 1. The quantitative estimate of drug-likeness (QED) is 0.524. The molecule has 0 bridgehead atoms. The molecule has 1 atom stereocenters. The maximum absolute atomic E-state index is 11.8. The van der Waals surface area contributed by atoms with E-state index < -0.39 is 6.04 Å². The van der Waals surface area contributed by atoms with Gasteiger partial charge in [0.05, 0.1) is 21.9 Å². The number of rotatable bonds is 6. The van der Waals surface area contributed by atoms with Crippen molar-refractivity contribution >= 4 is 50.4 Å². The number of carbonyl (C=O) groups excluding carboxylic acids is 1. The molecule has 0 unspecified atom stereocenters. The van der Waals surface area contributed by atoms with E-state index in [2.05, 4.69) is 9.98 Å². The van der Waals surface area contributed by atoms with Crippen molar-refractivity contribution in [1.82, 2.24) is 4.98 Å². The number of thioether (sulfide) groups is 1. The number of nitrogens with zero attached hydrogens (tertiary/aromatic N) is 2. The van der Waals surface area contributed by atoms with E-state index in [9.17, 15) is 4.79 Å².